The van der Waals surface area contributed by atoms with E-state index in [4.69, 9.17) is 0 Å². The van der Waals surface area contributed by atoms with Crippen molar-refractivity contribution in [3.8, 4) is 0 Å². The molecule has 1 amide bonds. The molecule has 1 aromatic heterocycles. The van der Waals surface area contributed by atoms with Crippen LogP contribution in [0.25, 0.3) is 0 Å². The number of amides is 1. The van der Waals surface area contributed by atoms with Crippen LogP contribution in [0.1, 0.15) is 34.0 Å². The van der Waals surface area contributed by atoms with E-state index in [1.54, 1.807) is 0 Å². The lowest BCUT2D eigenvalue weighted by atomic mass is 10.1. The molecule has 5 heteroatoms. The van der Waals surface area contributed by atoms with Crippen molar-refractivity contribution in [1.29, 1.82) is 0 Å². The van der Waals surface area contributed by atoms with Gasteiger partial charge in [0.05, 0.1) is 5.56 Å². The molecule has 0 unspecified atom stereocenters. The van der Waals surface area contributed by atoms with Gasteiger partial charge in [0.2, 0.25) is 5.95 Å². The third-order valence-corrected chi connectivity index (χ3v) is 4.23. The first-order valence-electron chi connectivity index (χ1n) is 8.66. The standard InChI is InChI=1S/C21H22N4O/c1-3-16-8-10-19(11-9-16)25-20(26)18-13-23-21(24-14-18)22-12-17-7-5-4-6-15(17)2/h4-11,13-14H,3,12H2,1-2H3,(H,25,26)(H,22,23,24). The zero-order valence-corrected chi connectivity index (χ0v) is 15.0. The molecular formula is C21H22N4O. The van der Waals surface area contributed by atoms with Crippen LogP contribution in [0.4, 0.5) is 11.6 Å². The first-order valence-corrected chi connectivity index (χ1v) is 8.66. The molecule has 2 aromatic carbocycles. The predicted molar refractivity (Wildman–Crippen MR) is 104 cm³/mol. The average Bonchev–Trinajstić information content (AvgIpc) is 2.68. The lowest BCUT2D eigenvalue weighted by molar-refractivity contribution is 0.102. The normalized spacial score (nSPS) is 10.4. The van der Waals surface area contributed by atoms with Gasteiger partial charge in [0, 0.05) is 24.6 Å². The average molecular weight is 346 g/mol. The molecule has 0 aliphatic heterocycles. The number of aryl methyl sites for hydroxylation is 2. The van der Waals surface area contributed by atoms with Gasteiger partial charge < -0.3 is 10.6 Å². The van der Waals surface area contributed by atoms with Gasteiger partial charge >= 0.3 is 0 Å². The Bertz CT molecular complexity index is 873. The number of carbonyl (C=O) groups is 1. The van der Waals surface area contributed by atoms with E-state index in [0.717, 1.165) is 12.1 Å². The first-order chi connectivity index (χ1) is 12.7. The highest BCUT2D eigenvalue weighted by molar-refractivity contribution is 6.03. The van der Waals surface area contributed by atoms with Crippen LogP contribution < -0.4 is 10.6 Å². The summed E-state index contributed by atoms with van der Waals surface area (Å²) in [6, 6.07) is 16.0. The van der Waals surface area contributed by atoms with Crippen molar-refractivity contribution in [3.05, 3.63) is 83.2 Å². The van der Waals surface area contributed by atoms with Crippen LogP contribution in [0.5, 0.6) is 0 Å². The molecule has 0 saturated heterocycles. The number of aromatic nitrogens is 2. The fraction of sp³-hybridized carbons (Fsp3) is 0.190. The molecule has 0 atom stereocenters. The number of rotatable bonds is 6. The van der Waals surface area contributed by atoms with Crippen molar-refractivity contribution >= 4 is 17.5 Å². The van der Waals surface area contributed by atoms with Crippen molar-refractivity contribution in [2.24, 2.45) is 0 Å². The summed E-state index contributed by atoms with van der Waals surface area (Å²) in [6.45, 7) is 4.81. The molecule has 5 nitrogen and oxygen atoms in total. The third-order valence-electron chi connectivity index (χ3n) is 4.23. The highest BCUT2D eigenvalue weighted by Crippen LogP contribution is 2.12. The van der Waals surface area contributed by atoms with Crippen LogP contribution >= 0.6 is 0 Å². The van der Waals surface area contributed by atoms with Gasteiger partial charge in [-0.1, -0.05) is 43.3 Å². The molecule has 0 aliphatic rings. The molecular weight excluding hydrogens is 324 g/mol. The summed E-state index contributed by atoms with van der Waals surface area (Å²) in [5, 5.41) is 6.03. The summed E-state index contributed by atoms with van der Waals surface area (Å²) in [6.07, 6.45) is 4.03. The molecule has 132 valence electrons. The molecule has 3 rings (SSSR count). The van der Waals surface area contributed by atoms with E-state index in [9.17, 15) is 4.79 Å². The van der Waals surface area contributed by atoms with E-state index in [1.165, 1.54) is 29.1 Å². The minimum atomic E-state index is -0.222. The van der Waals surface area contributed by atoms with Crippen LogP contribution in [0, 0.1) is 6.92 Å². The molecule has 0 spiro atoms. The second-order valence-corrected chi connectivity index (χ2v) is 6.08. The SMILES string of the molecule is CCc1ccc(NC(=O)c2cnc(NCc3ccccc3C)nc2)cc1. The van der Waals surface area contributed by atoms with E-state index in [1.807, 2.05) is 36.4 Å². The number of benzene rings is 2. The Morgan fingerprint density at radius 3 is 2.35 bits per heavy atom. The van der Waals surface area contributed by atoms with Crippen LogP contribution in [-0.4, -0.2) is 15.9 Å². The largest absolute Gasteiger partial charge is 0.350 e. The molecule has 0 aliphatic carbocycles. The summed E-state index contributed by atoms with van der Waals surface area (Å²) < 4.78 is 0. The zero-order valence-electron chi connectivity index (χ0n) is 15.0. The summed E-state index contributed by atoms with van der Waals surface area (Å²) in [7, 11) is 0. The Morgan fingerprint density at radius 1 is 1.00 bits per heavy atom. The maximum absolute atomic E-state index is 12.3. The van der Waals surface area contributed by atoms with E-state index < -0.39 is 0 Å². The molecule has 2 N–H and O–H groups in total. The Kier molecular flexibility index (Phi) is 5.59. The Morgan fingerprint density at radius 2 is 1.69 bits per heavy atom. The van der Waals surface area contributed by atoms with Gasteiger partial charge in [-0.15, -0.1) is 0 Å². The van der Waals surface area contributed by atoms with Gasteiger partial charge in [-0.2, -0.15) is 0 Å². The van der Waals surface area contributed by atoms with Crippen LogP contribution in [-0.2, 0) is 13.0 Å². The highest BCUT2D eigenvalue weighted by atomic mass is 16.1. The van der Waals surface area contributed by atoms with E-state index in [2.05, 4.69) is 46.6 Å². The fourth-order valence-electron chi connectivity index (χ4n) is 2.55. The number of anilines is 2. The second-order valence-electron chi connectivity index (χ2n) is 6.08. The minimum absolute atomic E-state index is 0.222. The van der Waals surface area contributed by atoms with Gasteiger partial charge in [-0.25, -0.2) is 9.97 Å². The first kappa shape index (κ1) is 17.6. The fourth-order valence-corrected chi connectivity index (χ4v) is 2.55. The molecule has 26 heavy (non-hydrogen) atoms. The molecule has 0 saturated carbocycles. The van der Waals surface area contributed by atoms with Crippen LogP contribution in [0.2, 0.25) is 0 Å². The molecule has 0 radical (unpaired) electrons. The predicted octanol–water partition coefficient (Wildman–Crippen LogP) is 4.21. The lowest BCUT2D eigenvalue weighted by Gasteiger charge is -2.08. The molecule has 0 bridgehead atoms. The van der Waals surface area contributed by atoms with Crippen LogP contribution in [0.3, 0.4) is 0 Å². The van der Waals surface area contributed by atoms with Gasteiger partial charge in [0.25, 0.3) is 5.91 Å². The van der Waals surface area contributed by atoms with Gasteiger partial charge in [-0.3, -0.25) is 4.79 Å². The number of carbonyl (C=O) groups excluding carboxylic acids is 1. The minimum Gasteiger partial charge on any atom is -0.350 e. The van der Waals surface area contributed by atoms with Crippen molar-refractivity contribution in [1.82, 2.24) is 9.97 Å². The number of hydrogen-bond acceptors (Lipinski definition) is 4. The quantitative estimate of drug-likeness (QED) is 0.701. The Hall–Kier alpha value is -3.21. The monoisotopic (exact) mass is 346 g/mol. The Balaban J connectivity index is 1.59. The molecule has 3 aromatic rings. The van der Waals surface area contributed by atoms with Crippen molar-refractivity contribution in [2.45, 2.75) is 26.8 Å². The maximum Gasteiger partial charge on any atom is 0.258 e. The number of hydrogen-bond donors (Lipinski definition) is 2. The van der Waals surface area contributed by atoms with Gasteiger partial charge in [0.1, 0.15) is 0 Å². The van der Waals surface area contributed by atoms with Gasteiger partial charge in [0.15, 0.2) is 0 Å². The summed E-state index contributed by atoms with van der Waals surface area (Å²) in [4.78, 5) is 20.8. The van der Waals surface area contributed by atoms with E-state index >= 15 is 0 Å². The topological polar surface area (TPSA) is 66.9 Å². The van der Waals surface area contributed by atoms with E-state index in [-0.39, 0.29) is 5.91 Å². The Labute approximate surface area is 153 Å². The van der Waals surface area contributed by atoms with Crippen molar-refractivity contribution in [2.75, 3.05) is 10.6 Å². The summed E-state index contributed by atoms with van der Waals surface area (Å²) in [5.41, 5.74) is 4.81. The zero-order chi connectivity index (χ0) is 18.4. The smallest absolute Gasteiger partial charge is 0.258 e. The summed E-state index contributed by atoms with van der Waals surface area (Å²) in [5.74, 6) is 0.275. The van der Waals surface area contributed by atoms with Gasteiger partial charge in [-0.05, 0) is 42.2 Å². The highest BCUT2D eigenvalue weighted by Gasteiger charge is 2.08. The van der Waals surface area contributed by atoms with E-state index in [0.29, 0.717) is 18.1 Å². The number of nitrogens with one attached hydrogen (secondary N) is 2. The number of nitrogens with zero attached hydrogens (tertiary/aromatic N) is 2. The summed E-state index contributed by atoms with van der Waals surface area (Å²) >= 11 is 0. The molecule has 0 fully saturated rings. The third kappa shape index (κ3) is 4.45. The van der Waals surface area contributed by atoms with Crippen molar-refractivity contribution in [3.63, 3.8) is 0 Å². The lowest BCUT2D eigenvalue weighted by Crippen LogP contribution is -2.13. The second kappa shape index (κ2) is 8.25. The maximum atomic E-state index is 12.3. The van der Waals surface area contributed by atoms with Crippen LogP contribution in [0.15, 0.2) is 60.9 Å². The van der Waals surface area contributed by atoms with Crippen molar-refractivity contribution < 1.29 is 4.79 Å². The molecule has 1 heterocycles.